The molecule has 0 radical (unpaired) electrons. The number of fused-ring (bicyclic) bond motifs is 1. The number of nitrogens with zero attached hydrogens (tertiary/aromatic N) is 10. The van der Waals surface area contributed by atoms with Gasteiger partial charge in [-0.05, 0) is 137 Å². The summed E-state index contributed by atoms with van der Waals surface area (Å²) < 4.78 is 10.8. The van der Waals surface area contributed by atoms with Crippen LogP contribution < -0.4 is 14.7 Å². The van der Waals surface area contributed by atoms with Gasteiger partial charge in [-0.25, -0.2) is 0 Å². The highest BCUT2D eigenvalue weighted by Crippen LogP contribution is 2.46. The molecule has 0 N–H and O–H groups in total. The summed E-state index contributed by atoms with van der Waals surface area (Å²) in [7, 11) is 1.92. The van der Waals surface area contributed by atoms with Crippen molar-refractivity contribution < 1.29 is 14.2 Å². The van der Waals surface area contributed by atoms with Crippen LogP contribution in [0.5, 0.6) is 0 Å². The Morgan fingerprint density at radius 2 is 1.60 bits per heavy atom. The lowest BCUT2D eigenvalue weighted by Crippen LogP contribution is -2.41. The number of carbonyl (C=O) groups is 1. The number of piperidine rings is 2. The predicted octanol–water partition coefficient (Wildman–Crippen LogP) is 9.25. The molecule has 7 heterocycles. The van der Waals surface area contributed by atoms with Gasteiger partial charge in [0.05, 0.1) is 54.3 Å². The highest BCUT2D eigenvalue weighted by atomic mass is 16.5. The molecule has 4 fully saturated rings. The van der Waals surface area contributed by atoms with E-state index in [0.29, 0.717) is 42.7 Å². The van der Waals surface area contributed by atoms with Gasteiger partial charge in [-0.1, -0.05) is 22.9 Å². The Morgan fingerprint density at radius 3 is 2.29 bits per heavy atom. The molecule has 1 amide bonds. The topological polar surface area (TPSA) is 109 Å². The van der Waals surface area contributed by atoms with Crippen LogP contribution in [0.15, 0.2) is 102 Å². The van der Waals surface area contributed by atoms with Crippen LogP contribution in [0.4, 0.5) is 17.1 Å². The molecule has 3 aromatic carbocycles. The fourth-order valence-electron chi connectivity index (χ4n) is 12.3. The van der Waals surface area contributed by atoms with Crippen molar-refractivity contribution in [1.82, 2.24) is 19.7 Å². The van der Waals surface area contributed by atoms with Gasteiger partial charge >= 0.3 is 0 Å². The molecule has 3 saturated heterocycles. The Hall–Kier alpha value is -6.32. The number of aryl methyl sites for hydroxylation is 2. The van der Waals surface area contributed by atoms with Gasteiger partial charge in [-0.15, -0.1) is 0 Å². The number of ether oxygens (including phenoxy) is 1. The maximum atomic E-state index is 12.6. The zero-order valence-electron chi connectivity index (χ0n) is 40.3. The van der Waals surface area contributed by atoms with E-state index < -0.39 is 0 Å². The molecule has 5 aromatic rings. The van der Waals surface area contributed by atoms with Gasteiger partial charge in [0.1, 0.15) is 5.71 Å². The summed E-state index contributed by atoms with van der Waals surface area (Å²) in [5.74, 6) is 0.522. The third-order valence-corrected chi connectivity index (χ3v) is 16.3. The quantitative estimate of drug-likeness (QED) is 0.142. The predicted molar refractivity (Wildman–Crippen MR) is 270 cm³/mol. The van der Waals surface area contributed by atoms with Crippen molar-refractivity contribution in [3.05, 3.63) is 113 Å². The zero-order chi connectivity index (χ0) is 46.5. The smallest absolute Gasteiger partial charge is 0.223 e. The minimum Gasteiger partial charge on any atom is -0.375 e. The van der Waals surface area contributed by atoms with Gasteiger partial charge in [0.2, 0.25) is 11.6 Å². The van der Waals surface area contributed by atoms with E-state index in [2.05, 4.69) is 104 Å². The van der Waals surface area contributed by atoms with E-state index >= 15 is 0 Å². The molecule has 5 aliphatic heterocycles. The van der Waals surface area contributed by atoms with Crippen LogP contribution in [0, 0.1) is 29.6 Å². The zero-order valence-corrected chi connectivity index (χ0v) is 40.3. The van der Waals surface area contributed by atoms with Gasteiger partial charge < -0.3 is 24.3 Å². The number of benzene rings is 3. The van der Waals surface area contributed by atoms with Crippen molar-refractivity contribution in [2.24, 2.45) is 23.5 Å². The number of hydrogen-bond donors (Lipinski definition) is 0. The molecule has 0 unspecified atom stereocenters. The first kappa shape index (κ1) is 44.2. The Morgan fingerprint density at radius 1 is 0.882 bits per heavy atom. The molecule has 1 aliphatic carbocycles. The standard InChI is InChI=1S/C56H65N10O2/c1-38-28-47(11-10-43(38)31-57)65-37-56(30-39(65)2)21-26-63(27-22-56)46-14-12-45(13-15-46)62-23-18-49(19-24-62)68-48-16-8-41(9-17-48)34-66-54-20-25-64(40(3)67)36-52(54)55(60-66)50-7-5-6-42-29-53(58-33-51(42)50)44-32-59-61(4)35-44/h5-7,10-15,28-29,32-35,39,41,48-49H,8-9,16-27,30,36-37H2,1-4H3/q+1/b66-34+/t39-,41?,48?/m0/s1. The van der Waals surface area contributed by atoms with Crippen LogP contribution >= 0.6 is 0 Å². The minimum atomic E-state index is 0.100. The third-order valence-electron chi connectivity index (χ3n) is 16.3. The molecule has 6 aliphatic rings. The normalized spacial score (nSPS) is 23.7. The van der Waals surface area contributed by atoms with Crippen molar-refractivity contribution in [2.75, 3.05) is 60.5 Å². The number of rotatable bonds is 8. The molecule has 68 heavy (non-hydrogen) atoms. The Labute approximate surface area is 401 Å². The minimum absolute atomic E-state index is 0.100. The van der Waals surface area contributed by atoms with Gasteiger partial charge in [-0.3, -0.25) is 14.5 Å². The van der Waals surface area contributed by atoms with Crippen LogP contribution in [0.3, 0.4) is 0 Å². The molecular weight excluding hydrogens is 845 g/mol. The number of aromatic nitrogens is 3. The molecule has 12 heteroatoms. The number of amides is 1. The van der Waals surface area contributed by atoms with Crippen LogP contribution in [0.2, 0.25) is 0 Å². The van der Waals surface area contributed by atoms with E-state index in [1.54, 1.807) is 11.6 Å². The van der Waals surface area contributed by atoms with Crippen LogP contribution in [0.1, 0.15) is 94.7 Å². The lowest BCUT2D eigenvalue weighted by Gasteiger charge is -2.41. The van der Waals surface area contributed by atoms with Crippen molar-refractivity contribution in [1.29, 1.82) is 5.26 Å². The largest absolute Gasteiger partial charge is 0.375 e. The second kappa shape index (κ2) is 18.3. The molecule has 1 spiro atoms. The molecular formula is C56H65N10O2+. The van der Waals surface area contributed by atoms with Gasteiger partial charge in [-0.2, -0.15) is 10.4 Å². The van der Waals surface area contributed by atoms with Crippen molar-refractivity contribution in [3.8, 4) is 17.3 Å². The first-order valence-electron chi connectivity index (χ1n) is 25.2. The number of carbonyl (C=O) groups excluding carboxylic acids is 1. The lowest BCUT2D eigenvalue weighted by molar-refractivity contribution is -0.479. The number of hydrazone groups is 1. The van der Waals surface area contributed by atoms with E-state index in [0.717, 1.165) is 128 Å². The van der Waals surface area contributed by atoms with Gasteiger partial charge in [0.15, 0.2) is 6.21 Å². The summed E-state index contributed by atoms with van der Waals surface area (Å²) in [5, 5.41) is 21.3. The molecule has 0 bridgehead atoms. The second-order valence-electron chi connectivity index (χ2n) is 20.7. The SMILES string of the molecule is CC(=O)N1CCC2=C(C1)C(c1cccc3cc(-c4cnn(C)c4)ncc13)=N/[N+]2=C/C1CCC(OC2CCN(c3ccc(N4CCC5(CC4)C[C@H](C)N(c4ccc(C#N)c(C)c4)C5)cc3)CC2)CC1. The van der Waals surface area contributed by atoms with Gasteiger partial charge in [0.25, 0.3) is 0 Å². The van der Waals surface area contributed by atoms with Crippen molar-refractivity contribution >= 4 is 45.7 Å². The number of anilines is 3. The molecule has 1 atom stereocenters. The van der Waals surface area contributed by atoms with E-state index in [1.807, 2.05) is 43.5 Å². The Bertz CT molecular complexity index is 2850. The van der Waals surface area contributed by atoms with E-state index in [4.69, 9.17) is 14.8 Å². The van der Waals surface area contributed by atoms with Gasteiger partial charge in [0, 0.05) is 116 Å². The lowest BCUT2D eigenvalue weighted by atomic mass is 9.76. The number of nitriles is 1. The highest BCUT2D eigenvalue weighted by molar-refractivity contribution is 6.20. The average molecular weight is 910 g/mol. The average Bonchev–Trinajstić information content (AvgIpc) is 4.06. The number of hydrogen-bond acceptors (Lipinski definition) is 9. The molecule has 1 saturated carbocycles. The summed E-state index contributed by atoms with van der Waals surface area (Å²) in [6.07, 6.45) is 19.7. The fraction of sp³-hybridized carbons (Fsp3) is 0.464. The summed E-state index contributed by atoms with van der Waals surface area (Å²) >= 11 is 0. The highest BCUT2D eigenvalue weighted by Gasteiger charge is 2.44. The van der Waals surface area contributed by atoms with Crippen molar-refractivity contribution in [2.45, 2.75) is 103 Å². The summed E-state index contributed by atoms with van der Waals surface area (Å²) in [6, 6.07) is 27.0. The Balaban J connectivity index is 0.675. The first-order valence-corrected chi connectivity index (χ1v) is 25.2. The monoisotopic (exact) mass is 910 g/mol. The van der Waals surface area contributed by atoms with E-state index in [1.165, 1.54) is 42.0 Å². The van der Waals surface area contributed by atoms with Crippen LogP contribution in [-0.2, 0) is 16.6 Å². The maximum absolute atomic E-state index is 12.6. The van der Waals surface area contributed by atoms with Crippen LogP contribution in [-0.4, -0.2) is 106 Å². The maximum Gasteiger partial charge on any atom is 0.223 e. The van der Waals surface area contributed by atoms with E-state index in [-0.39, 0.29) is 5.91 Å². The summed E-state index contributed by atoms with van der Waals surface area (Å²) in [4.78, 5) is 27.1. The fourth-order valence-corrected chi connectivity index (χ4v) is 12.3. The van der Waals surface area contributed by atoms with Crippen LogP contribution in [0.25, 0.3) is 22.0 Å². The first-order chi connectivity index (χ1) is 33.1. The molecule has 11 rings (SSSR count). The van der Waals surface area contributed by atoms with Crippen molar-refractivity contribution in [3.63, 3.8) is 0 Å². The summed E-state index contributed by atoms with van der Waals surface area (Å²) in [5.41, 5.74) is 12.4. The van der Waals surface area contributed by atoms with E-state index in [9.17, 15) is 10.1 Å². The molecule has 350 valence electrons. The number of pyridine rings is 1. The Kier molecular flexibility index (Phi) is 11.9. The third kappa shape index (κ3) is 8.70. The molecule has 12 nitrogen and oxygen atoms in total. The molecule has 2 aromatic heterocycles. The summed E-state index contributed by atoms with van der Waals surface area (Å²) in [6.45, 7) is 12.7. The second-order valence-corrected chi connectivity index (χ2v) is 20.7.